The molecule has 138 valence electrons. The maximum atomic E-state index is 11.9. The van der Waals surface area contributed by atoms with Crippen molar-refractivity contribution in [1.29, 1.82) is 0 Å². The summed E-state index contributed by atoms with van der Waals surface area (Å²) in [5.74, 6) is 0.545. The van der Waals surface area contributed by atoms with Crippen LogP contribution in [0.2, 0.25) is 0 Å². The molecule has 1 aromatic heterocycles. The molecule has 0 spiro atoms. The lowest BCUT2D eigenvalue weighted by atomic mass is 10.0. The van der Waals surface area contributed by atoms with Crippen LogP contribution in [0.25, 0.3) is 10.9 Å². The monoisotopic (exact) mass is 345 g/mol. The van der Waals surface area contributed by atoms with Crippen molar-refractivity contribution >= 4 is 17.0 Å². The molecule has 3 N–H and O–H groups in total. The summed E-state index contributed by atoms with van der Waals surface area (Å²) in [6.07, 6.45) is 2.57. The fraction of sp³-hybridized carbons (Fsp3) is 0.550. The molecule has 25 heavy (non-hydrogen) atoms. The van der Waals surface area contributed by atoms with Crippen molar-refractivity contribution < 1.29 is 9.53 Å². The highest BCUT2D eigenvalue weighted by atomic mass is 16.6. The van der Waals surface area contributed by atoms with Gasteiger partial charge in [0.05, 0.1) is 0 Å². The summed E-state index contributed by atoms with van der Waals surface area (Å²) in [5, 5.41) is 7.65. The van der Waals surface area contributed by atoms with Crippen molar-refractivity contribution in [2.24, 2.45) is 5.92 Å². The largest absolute Gasteiger partial charge is 0.444 e. The maximum Gasteiger partial charge on any atom is 0.407 e. The van der Waals surface area contributed by atoms with E-state index in [0.29, 0.717) is 12.5 Å². The number of amides is 1. The van der Waals surface area contributed by atoms with Gasteiger partial charge in [-0.05, 0) is 56.2 Å². The van der Waals surface area contributed by atoms with E-state index in [9.17, 15) is 4.79 Å². The highest BCUT2D eigenvalue weighted by molar-refractivity contribution is 5.79. The van der Waals surface area contributed by atoms with Crippen molar-refractivity contribution in [2.45, 2.75) is 59.2 Å². The molecule has 1 atom stereocenters. The summed E-state index contributed by atoms with van der Waals surface area (Å²) in [6.45, 7) is 11.3. The van der Waals surface area contributed by atoms with E-state index in [1.807, 2.05) is 27.0 Å². The lowest BCUT2D eigenvalue weighted by Crippen LogP contribution is -2.43. The van der Waals surface area contributed by atoms with E-state index in [1.165, 1.54) is 10.9 Å². The van der Waals surface area contributed by atoms with Gasteiger partial charge in [-0.3, -0.25) is 0 Å². The molecule has 0 aliphatic carbocycles. The van der Waals surface area contributed by atoms with Crippen LogP contribution in [0, 0.1) is 5.92 Å². The topological polar surface area (TPSA) is 66.2 Å². The Hall–Kier alpha value is -2.01. The molecule has 0 bridgehead atoms. The number of benzene rings is 1. The van der Waals surface area contributed by atoms with Crippen LogP contribution in [0.4, 0.5) is 4.79 Å². The molecule has 0 aliphatic rings. The number of aromatic nitrogens is 1. The van der Waals surface area contributed by atoms with Gasteiger partial charge in [0.25, 0.3) is 0 Å². The number of carbonyl (C=O) groups excluding carboxylic acids is 1. The average molecular weight is 345 g/mol. The number of H-pyrrole nitrogens is 1. The van der Waals surface area contributed by atoms with Crippen molar-refractivity contribution in [3.8, 4) is 0 Å². The van der Waals surface area contributed by atoms with Gasteiger partial charge < -0.3 is 20.4 Å². The predicted octanol–water partition coefficient (Wildman–Crippen LogP) is 4.20. The van der Waals surface area contributed by atoms with Crippen LogP contribution in [0.1, 0.15) is 46.6 Å². The third kappa shape index (κ3) is 6.78. The molecule has 1 unspecified atom stereocenters. The Morgan fingerprint density at radius 2 is 2.00 bits per heavy atom. The number of aromatic amines is 1. The molecule has 0 saturated heterocycles. The second-order valence-electron chi connectivity index (χ2n) is 7.99. The lowest BCUT2D eigenvalue weighted by molar-refractivity contribution is 0.0521. The molecular formula is C20H31N3O2. The third-order valence-corrected chi connectivity index (χ3v) is 3.86. The van der Waals surface area contributed by atoms with Gasteiger partial charge in [0.2, 0.25) is 0 Å². The molecule has 0 saturated carbocycles. The van der Waals surface area contributed by atoms with Gasteiger partial charge in [-0.25, -0.2) is 4.79 Å². The Morgan fingerprint density at radius 3 is 2.68 bits per heavy atom. The highest BCUT2D eigenvalue weighted by Gasteiger charge is 2.18. The van der Waals surface area contributed by atoms with E-state index < -0.39 is 5.60 Å². The normalized spacial score (nSPS) is 13.2. The quantitative estimate of drug-likeness (QED) is 0.705. The molecule has 2 rings (SSSR count). The molecule has 2 aromatic rings. The van der Waals surface area contributed by atoms with Crippen LogP contribution in [0.15, 0.2) is 30.5 Å². The molecule has 5 nitrogen and oxygen atoms in total. The van der Waals surface area contributed by atoms with Crippen LogP contribution in [0.3, 0.4) is 0 Å². The van der Waals surface area contributed by atoms with E-state index in [-0.39, 0.29) is 12.1 Å². The van der Waals surface area contributed by atoms with Gasteiger partial charge in [0.15, 0.2) is 0 Å². The number of nitrogens with one attached hydrogen (secondary N) is 3. The molecular weight excluding hydrogens is 314 g/mol. The fourth-order valence-electron chi connectivity index (χ4n) is 2.80. The number of carbonyl (C=O) groups is 1. The standard InChI is InChI=1S/C20H31N3O2/c1-14(2)10-17(13-23-19(24)25-20(3,4)5)22-12-15-6-7-16-8-9-21-18(16)11-15/h6-9,11,14,17,21-22H,10,12-13H2,1-5H3,(H,23,24). The van der Waals surface area contributed by atoms with Crippen molar-refractivity contribution in [3.63, 3.8) is 0 Å². The van der Waals surface area contributed by atoms with Crippen LogP contribution in [-0.2, 0) is 11.3 Å². The summed E-state index contributed by atoms with van der Waals surface area (Å²) in [4.78, 5) is 15.1. The molecule has 1 aromatic carbocycles. The van der Waals surface area contributed by atoms with Gasteiger partial charge in [-0.1, -0.05) is 26.0 Å². The highest BCUT2D eigenvalue weighted by Crippen LogP contribution is 2.14. The summed E-state index contributed by atoms with van der Waals surface area (Å²) in [7, 11) is 0. The first-order chi connectivity index (χ1) is 11.7. The molecule has 0 fully saturated rings. The molecule has 0 radical (unpaired) electrons. The Labute approximate surface area is 150 Å². The van der Waals surface area contributed by atoms with Crippen LogP contribution in [0.5, 0.6) is 0 Å². The summed E-state index contributed by atoms with van der Waals surface area (Å²) in [5.41, 5.74) is 1.89. The number of alkyl carbamates (subject to hydrolysis) is 1. The molecule has 1 heterocycles. The number of rotatable bonds is 7. The first kappa shape index (κ1) is 19.3. The Bertz CT molecular complexity index is 686. The minimum absolute atomic E-state index is 0.201. The zero-order chi connectivity index (χ0) is 18.4. The fourth-order valence-corrected chi connectivity index (χ4v) is 2.80. The summed E-state index contributed by atoms with van der Waals surface area (Å²) < 4.78 is 5.31. The molecule has 0 aliphatic heterocycles. The van der Waals surface area contributed by atoms with Crippen molar-refractivity contribution in [2.75, 3.05) is 6.54 Å². The van der Waals surface area contributed by atoms with Gasteiger partial charge in [0, 0.05) is 30.8 Å². The van der Waals surface area contributed by atoms with E-state index in [4.69, 9.17) is 4.74 Å². The van der Waals surface area contributed by atoms with Crippen molar-refractivity contribution in [1.82, 2.24) is 15.6 Å². The van der Waals surface area contributed by atoms with Crippen LogP contribution < -0.4 is 10.6 Å². The minimum Gasteiger partial charge on any atom is -0.444 e. The minimum atomic E-state index is -0.476. The van der Waals surface area contributed by atoms with Gasteiger partial charge in [-0.15, -0.1) is 0 Å². The summed E-state index contributed by atoms with van der Waals surface area (Å²) >= 11 is 0. The second kappa shape index (κ2) is 8.39. The predicted molar refractivity (Wildman–Crippen MR) is 103 cm³/mol. The Balaban J connectivity index is 1.89. The Kier molecular flexibility index (Phi) is 6.48. The molecule has 5 heteroatoms. The zero-order valence-electron chi connectivity index (χ0n) is 16.0. The maximum absolute atomic E-state index is 11.9. The van der Waals surface area contributed by atoms with Crippen LogP contribution in [-0.4, -0.2) is 29.3 Å². The zero-order valence-corrected chi connectivity index (χ0v) is 16.0. The van der Waals surface area contributed by atoms with E-state index in [2.05, 4.69) is 53.7 Å². The molecule has 1 amide bonds. The van der Waals surface area contributed by atoms with Crippen molar-refractivity contribution in [3.05, 3.63) is 36.0 Å². The SMILES string of the molecule is CC(C)CC(CNC(=O)OC(C)(C)C)NCc1ccc2cc[nH]c2c1. The van der Waals surface area contributed by atoms with E-state index in [0.717, 1.165) is 18.5 Å². The van der Waals surface area contributed by atoms with Gasteiger partial charge in [0.1, 0.15) is 5.60 Å². The number of fused-ring (bicyclic) bond motifs is 1. The first-order valence-electron chi connectivity index (χ1n) is 8.99. The van der Waals surface area contributed by atoms with Gasteiger partial charge >= 0.3 is 6.09 Å². The average Bonchev–Trinajstić information content (AvgIpc) is 2.95. The lowest BCUT2D eigenvalue weighted by Gasteiger charge is -2.24. The van der Waals surface area contributed by atoms with E-state index in [1.54, 1.807) is 0 Å². The van der Waals surface area contributed by atoms with E-state index >= 15 is 0 Å². The third-order valence-electron chi connectivity index (χ3n) is 3.86. The summed E-state index contributed by atoms with van der Waals surface area (Å²) in [6, 6.07) is 8.69. The van der Waals surface area contributed by atoms with Gasteiger partial charge in [-0.2, -0.15) is 0 Å². The smallest absolute Gasteiger partial charge is 0.407 e. The number of ether oxygens (including phenoxy) is 1. The Morgan fingerprint density at radius 1 is 1.24 bits per heavy atom. The number of hydrogen-bond acceptors (Lipinski definition) is 3. The number of hydrogen-bond donors (Lipinski definition) is 3. The van der Waals surface area contributed by atoms with Crippen LogP contribution >= 0.6 is 0 Å². The second-order valence-corrected chi connectivity index (χ2v) is 7.99. The first-order valence-corrected chi connectivity index (χ1v) is 8.99.